The third-order valence-electron chi connectivity index (χ3n) is 2.51. The molecule has 110 valence electrons. The van der Waals surface area contributed by atoms with Crippen LogP contribution < -0.4 is 10.6 Å². The van der Waals surface area contributed by atoms with Crippen molar-refractivity contribution in [3.63, 3.8) is 0 Å². The van der Waals surface area contributed by atoms with Crippen LogP contribution in [-0.2, 0) is 6.54 Å². The summed E-state index contributed by atoms with van der Waals surface area (Å²) in [4.78, 5) is 23.6. The van der Waals surface area contributed by atoms with Gasteiger partial charge in [-0.3, -0.25) is 0 Å². The molecule has 2 rings (SSSR count). The maximum Gasteiger partial charge on any atom is 0.335 e. The van der Waals surface area contributed by atoms with E-state index in [2.05, 4.69) is 26.6 Å². The topological polar surface area (TPSA) is 78.4 Å². The average molecular weight is 390 g/mol. The molecule has 5 nitrogen and oxygen atoms in total. The Bertz CT molecular complexity index is 690. The molecule has 1 aromatic carbocycles. The van der Waals surface area contributed by atoms with Crippen LogP contribution in [0.2, 0.25) is 5.02 Å². The molecule has 1 aromatic heterocycles. The van der Waals surface area contributed by atoms with Gasteiger partial charge in [0.25, 0.3) is 0 Å². The fourth-order valence-corrected chi connectivity index (χ4v) is 3.15. The first kappa shape index (κ1) is 15.8. The van der Waals surface area contributed by atoms with Crippen LogP contribution in [0.1, 0.15) is 15.2 Å². The second-order valence-corrected chi connectivity index (χ2v) is 6.36. The molecule has 3 N–H and O–H groups in total. The second kappa shape index (κ2) is 6.93. The van der Waals surface area contributed by atoms with Gasteiger partial charge in [0.1, 0.15) is 0 Å². The molecule has 0 spiro atoms. The monoisotopic (exact) mass is 388 g/mol. The molecular formula is C13H10BrClN2O3S. The van der Waals surface area contributed by atoms with Crippen LogP contribution in [0.25, 0.3) is 0 Å². The highest BCUT2D eigenvalue weighted by Gasteiger charge is 2.09. The molecule has 0 radical (unpaired) electrons. The van der Waals surface area contributed by atoms with Crippen LogP contribution in [0.15, 0.2) is 34.1 Å². The minimum Gasteiger partial charge on any atom is -0.478 e. The van der Waals surface area contributed by atoms with E-state index in [9.17, 15) is 9.59 Å². The highest BCUT2D eigenvalue weighted by molar-refractivity contribution is 9.10. The van der Waals surface area contributed by atoms with Crippen molar-refractivity contribution in [3.05, 3.63) is 49.6 Å². The van der Waals surface area contributed by atoms with Gasteiger partial charge in [-0.05, 0) is 40.2 Å². The number of amides is 2. The lowest BCUT2D eigenvalue weighted by Gasteiger charge is -2.09. The molecule has 2 amide bonds. The van der Waals surface area contributed by atoms with Crippen LogP contribution in [-0.4, -0.2) is 17.1 Å². The fourth-order valence-electron chi connectivity index (χ4n) is 1.53. The standard InChI is InChI=1S/C13H10BrClN2O3S/c14-8-4-9(21-6-8)5-16-13(20)17-11-2-1-7(12(18)19)3-10(11)15/h1-4,6H,5H2,(H,18,19)(H2,16,17,20). The summed E-state index contributed by atoms with van der Waals surface area (Å²) in [5.41, 5.74) is 0.418. The number of halogens is 2. The van der Waals surface area contributed by atoms with Gasteiger partial charge in [-0.1, -0.05) is 11.6 Å². The summed E-state index contributed by atoms with van der Waals surface area (Å²) < 4.78 is 0.969. The van der Waals surface area contributed by atoms with E-state index in [1.807, 2.05) is 11.4 Å². The molecule has 0 atom stereocenters. The Kier molecular flexibility index (Phi) is 5.22. The van der Waals surface area contributed by atoms with Crippen molar-refractivity contribution in [1.82, 2.24) is 5.32 Å². The number of hydrogen-bond donors (Lipinski definition) is 3. The Balaban J connectivity index is 1.94. The minimum absolute atomic E-state index is 0.0643. The fraction of sp³-hybridized carbons (Fsp3) is 0.0769. The van der Waals surface area contributed by atoms with E-state index >= 15 is 0 Å². The average Bonchev–Trinajstić information content (AvgIpc) is 2.84. The second-order valence-electron chi connectivity index (χ2n) is 4.04. The van der Waals surface area contributed by atoms with Crippen molar-refractivity contribution < 1.29 is 14.7 Å². The van der Waals surface area contributed by atoms with Crippen molar-refractivity contribution in [1.29, 1.82) is 0 Å². The molecule has 21 heavy (non-hydrogen) atoms. The Hall–Kier alpha value is -1.57. The van der Waals surface area contributed by atoms with E-state index in [1.165, 1.54) is 29.5 Å². The maximum absolute atomic E-state index is 11.8. The zero-order valence-corrected chi connectivity index (χ0v) is 13.7. The number of carbonyl (C=O) groups is 2. The number of rotatable bonds is 4. The Morgan fingerprint density at radius 1 is 1.33 bits per heavy atom. The zero-order valence-electron chi connectivity index (χ0n) is 10.5. The van der Waals surface area contributed by atoms with Crippen molar-refractivity contribution in [3.8, 4) is 0 Å². The number of thiophene rings is 1. The van der Waals surface area contributed by atoms with Crippen molar-refractivity contribution >= 4 is 56.6 Å². The molecule has 2 aromatic rings. The number of benzene rings is 1. The normalized spacial score (nSPS) is 10.2. The van der Waals surface area contributed by atoms with E-state index in [1.54, 1.807) is 0 Å². The van der Waals surface area contributed by atoms with Gasteiger partial charge in [0, 0.05) is 14.7 Å². The van der Waals surface area contributed by atoms with Crippen LogP contribution in [0, 0.1) is 0 Å². The molecule has 0 unspecified atom stereocenters. The van der Waals surface area contributed by atoms with E-state index in [4.69, 9.17) is 16.7 Å². The lowest BCUT2D eigenvalue weighted by atomic mass is 10.2. The Labute approximate surface area is 138 Å². The van der Waals surface area contributed by atoms with Gasteiger partial charge in [0.15, 0.2) is 0 Å². The lowest BCUT2D eigenvalue weighted by Crippen LogP contribution is -2.28. The molecule has 0 aliphatic heterocycles. The summed E-state index contributed by atoms with van der Waals surface area (Å²) in [5.74, 6) is -1.07. The highest BCUT2D eigenvalue weighted by atomic mass is 79.9. The van der Waals surface area contributed by atoms with Crippen molar-refractivity contribution in [2.75, 3.05) is 5.32 Å². The van der Waals surface area contributed by atoms with E-state index in [0.29, 0.717) is 12.2 Å². The molecule has 0 fully saturated rings. The summed E-state index contributed by atoms with van der Waals surface area (Å²) in [6.45, 7) is 0.396. The maximum atomic E-state index is 11.8. The Morgan fingerprint density at radius 2 is 2.10 bits per heavy atom. The van der Waals surface area contributed by atoms with Gasteiger partial charge in [-0.15, -0.1) is 11.3 Å². The zero-order chi connectivity index (χ0) is 15.4. The Morgan fingerprint density at radius 3 is 2.67 bits per heavy atom. The SMILES string of the molecule is O=C(NCc1cc(Br)cs1)Nc1ccc(C(=O)O)cc1Cl. The van der Waals surface area contributed by atoms with Gasteiger partial charge < -0.3 is 15.7 Å². The van der Waals surface area contributed by atoms with Crippen LogP contribution in [0.3, 0.4) is 0 Å². The van der Waals surface area contributed by atoms with E-state index in [0.717, 1.165) is 9.35 Å². The summed E-state index contributed by atoms with van der Waals surface area (Å²) in [6, 6.07) is 5.62. The number of aromatic carboxylic acids is 1. The van der Waals surface area contributed by atoms with Gasteiger partial charge >= 0.3 is 12.0 Å². The molecule has 0 saturated carbocycles. The number of carboxylic acid groups (broad SMARTS) is 1. The summed E-state index contributed by atoms with van der Waals surface area (Å²) >= 11 is 10.8. The van der Waals surface area contributed by atoms with Gasteiger partial charge in [-0.25, -0.2) is 9.59 Å². The van der Waals surface area contributed by atoms with Gasteiger partial charge in [0.05, 0.1) is 22.8 Å². The summed E-state index contributed by atoms with van der Waals surface area (Å²) in [7, 11) is 0. The number of urea groups is 1. The van der Waals surface area contributed by atoms with Crippen LogP contribution in [0.5, 0.6) is 0 Å². The van der Waals surface area contributed by atoms with Crippen LogP contribution in [0.4, 0.5) is 10.5 Å². The number of nitrogens with one attached hydrogen (secondary N) is 2. The van der Waals surface area contributed by atoms with E-state index < -0.39 is 12.0 Å². The molecule has 0 bridgehead atoms. The quantitative estimate of drug-likeness (QED) is 0.734. The molecule has 0 saturated heterocycles. The lowest BCUT2D eigenvalue weighted by molar-refractivity contribution is 0.0697. The number of anilines is 1. The van der Waals surface area contributed by atoms with Crippen LogP contribution >= 0.6 is 38.9 Å². The smallest absolute Gasteiger partial charge is 0.335 e. The summed E-state index contributed by atoms with van der Waals surface area (Å²) in [6.07, 6.45) is 0. The minimum atomic E-state index is -1.07. The first-order valence-corrected chi connectivity index (χ1v) is 7.81. The van der Waals surface area contributed by atoms with Gasteiger partial charge in [-0.2, -0.15) is 0 Å². The molecule has 1 heterocycles. The third-order valence-corrected chi connectivity index (χ3v) is 4.52. The number of carbonyl (C=O) groups excluding carboxylic acids is 1. The molecular weight excluding hydrogens is 380 g/mol. The molecule has 0 aliphatic rings. The van der Waals surface area contributed by atoms with Crippen molar-refractivity contribution in [2.24, 2.45) is 0 Å². The molecule has 8 heteroatoms. The summed E-state index contributed by atoms with van der Waals surface area (Å²) in [5, 5.41) is 16.2. The predicted molar refractivity (Wildman–Crippen MR) is 86.3 cm³/mol. The first-order chi connectivity index (χ1) is 9.95. The van der Waals surface area contributed by atoms with Crippen molar-refractivity contribution in [2.45, 2.75) is 6.54 Å². The first-order valence-electron chi connectivity index (χ1n) is 5.76. The predicted octanol–water partition coefficient (Wildman–Crippen LogP) is 4.18. The molecule has 0 aliphatic carbocycles. The van der Waals surface area contributed by atoms with E-state index in [-0.39, 0.29) is 10.6 Å². The largest absolute Gasteiger partial charge is 0.478 e. The number of hydrogen-bond acceptors (Lipinski definition) is 3. The van der Waals surface area contributed by atoms with Gasteiger partial charge in [0.2, 0.25) is 0 Å². The highest BCUT2D eigenvalue weighted by Crippen LogP contribution is 2.23. The third kappa shape index (κ3) is 4.45. The number of carboxylic acids is 1.